The standard InChI is InChI=1S/C12H11F3N2O2/c13-12(14,15)11(16-17-11)9-4-1-3-8(7-9)10-18-5-2-6-19-10/h1,3-4,7,10H,2,5-6H2. The maximum Gasteiger partial charge on any atom is 0.442 e. The van der Waals surface area contributed by atoms with Crippen LogP contribution in [0.3, 0.4) is 0 Å². The topological polar surface area (TPSA) is 43.2 Å². The fourth-order valence-corrected chi connectivity index (χ4v) is 2.02. The predicted molar refractivity (Wildman–Crippen MR) is 58.3 cm³/mol. The van der Waals surface area contributed by atoms with Crippen LogP contribution in [0.4, 0.5) is 13.2 Å². The molecule has 102 valence electrons. The van der Waals surface area contributed by atoms with Crippen molar-refractivity contribution in [3.8, 4) is 0 Å². The molecule has 3 rings (SSSR count). The lowest BCUT2D eigenvalue weighted by Gasteiger charge is -2.24. The molecule has 0 radical (unpaired) electrons. The van der Waals surface area contributed by atoms with Crippen molar-refractivity contribution in [2.45, 2.75) is 24.6 Å². The summed E-state index contributed by atoms with van der Waals surface area (Å²) in [4.78, 5) is 0. The molecule has 1 aromatic rings. The monoisotopic (exact) mass is 272 g/mol. The molecule has 1 saturated heterocycles. The Morgan fingerprint density at radius 1 is 1.16 bits per heavy atom. The first kappa shape index (κ1) is 12.6. The van der Waals surface area contributed by atoms with E-state index in [1.807, 2.05) is 0 Å². The van der Waals surface area contributed by atoms with Crippen LogP contribution in [0.25, 0.3) is 0 Å². The molecule has 1 fully saturated rings. The lowest BCUT2D eigenvalue weighted by Crippen LogP contribution is -2.30. The van der Waals surface area contributed by atoms with E-state index in [2.05, 4.69) is 10.2 Å². The van der Waals surface area contributed by atoms with Gasteiger partial charge in [0.1, 0.15) is 0 Å². The third-order valence-electron chi connectivity index (χ3n) is 3.08. The van der Waals surface area contributed by atoms with Gasteiger partial charge in [-0.1, -0.05) is 18.2 Å². The number of nitrogens with zero attached hydrogens (tertiary/aromatic N) is 2. The van der Waals surface area contributed by atoms with Crippen molar-refractivity contribution in [3.05, 3.63) is 35.4 Å². The second-order valence-corrected chi connectivity index (χ2v) is 4.42. The summed E-state index contributed by atoms with van der Waals surface area (Å²) in [5.74, 6) is 0. The third-order valence-corrected chi connectivity index (χ3v) is 3.08. The van der Waals surface area contributed by atoms with E-state index in [1.165, 1.54) is 18.2 Å². The maximum atomic E-state index is 12.9. The molecule has 4 nitrogen and oxygen atoms in total. The van der Waals surface area contributed by atoms with Gasteiger partial charge < -0.3 is 9.47 Å². The number of hydrogen-bond donors (Lipinski definition) is 0. The minimum Gasteiger partial charge on any atom is -0.348 e. The quantitative estimate of drug-likeness (QED) is 0.829. The molecule has 0 amide bonds. The Morgan fingerprint density at radius 3 is 2.42 bits per heavy atom. The first-order chi connectivity index (χ1) is 9.03. The van der Waals surface area contributed by atoms with Crippen LogP contribution in [0.5, 0.6) is 0 Å². The van der Waals surface area contributed by atoms with Crippen molar-refractivity contribution in [2.75, 3.05) is 13.2 Å². The molecule has 19 heavy (non-hydrogen) atoms. The maximum absolute atomic E-state index is 12.9. The summed E-state index contributed by atoms with van der Waals surface area (Å²) < 4.78 is 49.5. The van der Waals surface area contributed by atoms with Crippen LogP contribution in [0.15, 0.2) is 34.5 Å². The van der Waals surface area contributed by atoms with Crippen molar-refractivity contribution < 1.29 is 22.6 Å². The highest BCUT2D eigenvalue weighted by atomic mass is 19.4. The van der Waals surface area contributed by atoms with E-state index < -0.39 is 18.1 Å². The summed E-state index contributed by atoms with van der Waals surface area (Å²) in [6.45, 7) is 1.07. The van der Waals surface area contributed by atoms with Crippen LogP contribution in [-0.2, 0) is 15.1 Å². The molecule has 7 heteroatoms. The van der Waals surface area contributed by atoms with Crippen LogP contribution in [0.1, 0.15) is 23.8 Å². The van der Waals surface area contributed by atoms with Gasteiger partial charge in [-0.15, -0.1) is 10.2 Å². The predicted octanol–water partition coefficient (Wildman–Crippen LogP) is 3.30. The summed E-state index contributed by atoms with van der Waals surface area (Å²) in [5.41, 5.74) is -1.84. The van der Waals surface area contributed by atoms with E-state index in [0.717, 1.165) is 6.42 Å². The largest absolute Gasteiger partial charge is 0.442 e. The summed E-state index contributed by atoms with van der Waals surface area (Å²) >= 11 is 0. The molecule has 0 atom stereocenters. The second-order valence-electron chi connectivity index (χ2n) is 4.42. The van der Waals surface area contributed by atoms with Crippen LogP contribution in [0, 0.1) is 0 Å². The summed E-state index contributed by atoms with van der Waals surface area (Å²) in [6, 6.07) is 5.96. The Balaban J connectivity index is 1.88. The fraction of sp³-hybridized carbons (Fsp3) is 0.500. The Kier molecular flexibility index (Phi) is 2.83. The lowest BCUT2D eigenvalue weighted by molar-refractivity contribution is -0.183. The molecule has 0 aliphatic carbocycles. The number of ether oxygens (including phenoxy) is 2. The van der Waals surface area contributed by atoms with Crippen LogP contribution < -0.4 is 0 Å². The molecule has 0 spiro atoms. The van der Waals surface area contributed by atoms with Gasteiger partial charge in [-0.05, 0) is 12.5 Å². The van der Waals surface area contributed by atoms with Crippen molar-refractivity contribution in [2.24, 2.45) is 10.2 Å². The zero-order valence-electron chi connectivity index (χ0n) is 9.85. The van der Waals surface area contributed by atoms with Crippen molar-refractivity contribution >= 4 is 0 Å². The van der Waals surface area contributed by atoms with Gasteiger partial charge in [0.15, 0.2) is 6.29 Å². The van der Waals surface area contributed by atoms with Gasteiger partial charge in [-0.3, -0.25) is 0 Å². The minimum atomic E-state index is -4.51. The molecule has 0 aromatic heterocycles. The van der Waals surface area contributed by atoms with E-state index >= 15 is 0 Å². The SMILES string of the molecule is FC(F)(F)C1(c2cccc(C3OCCCO3)c2)N=N1. The molecule has 0 unspecified atom stereocenters. The van der Waals surface area contributed by atoms with Crippen LogP contribution in [0.2, 0.25) is 0 Å². The number of halogens is 3. The number of hydrogen-bond acceptors (Lipinski definition) is 4. The zero-order chi connectivity index (χ0) is 13.5. The molecule has 0 bridgehead atoms. The van der Waals surface area contributed by atoms with Gasteiger partial charge in [0.25, 0.3) is 0 Å². The molecule has 1 aromatic carbocycles. The normalized spacial score (nSPS) is 22.5. The molecule has 0 saturated carbocycles. The van der Waals surface area contributed by atoms with E-state index in [-0.39, 0.29) is 5.56 Å². The molecule has 0 N–H and O–H groups in total. The van der Waals surface area contributed by atoms with Gasteiger partial charge in [-0.25, -0.2) is 0 Å². The number of alkyl halides is 3. The number of benzene rings is 1. The summed E-state index contributed by atoms with van der Waals surface area (Å²) in [5, 5.41) is 6.36. The average molecular weight is 272 g/mol. The second kappa shape index (κ2) is 4.28. The van der Waals surface area contributed by atoms with Gasteiger partial charge >= 0.3 is 11.8 Å². The Morgan fingerprint density at radius 2 is 1.84 bits per heavy atom. The smallest absolute Gasteiger partial charge is 0.348 e. The van der Waals surface area contributed by atoms with E-state index in [0.29, 0.717) is 18.8 Å². The molecule has 2 heterocycles. The van der Waals surface area contributed by atoms with Crippen LogP contribution >= 0.6 is 0 Å². The van der Waals surface area contributed by atoms with Crippen molar-refractivity contribution in [1.82, 2.24) is 0 Å². The van der Waals surface area contributed by atoms with Crippen LogP contribution in [-0.4, -0.2) is 19.4 Å². The van der Waals surface area contributed by atoms with Crippen molar-refractivity contribution in [3.63, 3.8) is 0 Å². The molecular weight excluding hydrogens is 261 g/mol. The fourth-order valence-electron chi connectivity index (χ4n) is 2.02. The molecule has 2 aliphatic rings. The van der Waals surface area contributed by atoms with Gasteiger partial charge in [-0.2, -0.15) is 13.2 Å². The van der Waals surface area contributed by atoms with Gasteiger partial charge in [0.2, 0.25) is 0 Å². The van der Waals surface area contributed by atoms with E-state index in [9.17, 15) is 13.2 Å². The lowest BCUT2D eigenvalue weighted by atomic mass is 10.00. The first-order valence-electron chi connectivity index (χ1n) is 5.87. The summed E-state index contributed by atoms with van der Waals surface area (Å²) in [6.07, 6.45) is -4.34. The molecular formula is C12H11F3N2O2. The van der Waals surface area contributed by atoms with E-state index in [4.69, 9.17) is 9.47 Å². The van der Waals surface area contributed by atoms with Gasteiger partial charge in [0.05, 0.1) is 13.2 Å². The van der Waals surface area contributed by atoms with E-state index in [1.54, 1.807) is 6.07 Å². The Bertz CT molecular complexity index is 504. The Hall–Kier alpha value is -1.47. The highest BCUT2D eigenvalue weighted by molar-refractivity contribution is 5.34. The number of rotatable bonds is 2. The summed E-state index contributed by atoms with van der Waals surface area (Å²) in [7, 11) is 0. The zero-order valence-corrected chi connectivity index (χ0v) is 9.85. The third kappa shape index (κ3) is 2.12. The molecule has 2 aliphatic heterocycles. The first-order valence-corrected chi connectivity index (χ1v) is 5.87. The minimum absolute atomic E-state index is 0.00438. The van der Waals surface area contributed by atoms with Crippen molar-refractivity contribution in [1.29, 1.82) is 0 Å². The average Bonchev–Trinajstić information content (AvgIpc) is 3.21. The highest BCUT2D eigenvalue weighted by Gasteiger charge is 2.65. The Labute approximate surface area is 107 Å². The highest BCUT2D eigenvalue weighted by Crippen LogP contribution is 2.52. The van der Waals surface area contributed by atoms with Gasteiger partial charge in [0, 0.05) is 11.1 Å².